The number of urea groups is 1. The predicted molar refractivity (Wildman–Crippen MR) is 79.8 cm³/mol. The van der Waals surface area contributed by atoms with Crippen LogP contribution in [-0.4, -0.2) is 49.3 Å². The lowest BCUT2D eigenvalue weighted by Crippen LogP contribution is -2.42. The largest absolute Gasteiger partial charge is 0.395 e. The number of nitrogens with zero attached hydrogens (tertiary/aromatic N) is 2. The first-order valence-electron chi connectivity index (χ1n) is 7.03. The Morgan fingerprint density at radius 3 is 2.75 bits per heavy atom. The number of aliphatic hydroxyl groups excluding tert-OH is 1. The molecule has 1 saturated carbocycles. The molecular weight excluding hydrogens is 254 g/mol. The van der Waals surface area contributed by atoms with Crippen LogP contribution < -0.4 is 10.2 Å². The minimum absolute atomic E-state index is 0.0139. The van der Waals surface area contributed by atoms with Gasteiger partial charge in [-0.05, 0) is 30.5 Å². The van der Waals surface area contributed by atoms with E-state index in [4.69, 9.17) is 5.11 Å². The third-order valence-electron chi connectivity index (χ3n) is 3.46. The highest BCUT2D eigenvalue weighted by atomic mass is 16.3. The van der Waals surface area contributed by atoms with Gasteiger partial charge in [0.05, 0.1) is 6.61 Å². The van der Waals surface area contributed by atoms with Crippen molar-refractivity contribution in [3.63, 3.8) is 0 Å². The van der Waals surface area contributed by atoms with E-state index in [0.29, 0.717) is 19.1 Å². The van der Waals surface area contributed by atoms with Gasteiger partial charge < -0.3 is 20.2 Å². The molecule has 0 radical (unpaired) electrons. The van der Waals surface area contributed by atoms with Crippen LogP contribution in [-0.2, 0) is 6.54 Å². The third kappa shape index (κ3) is 3.87. The van der Waals surface area contributed by atoms with E-state index in [-0.39, 0.29) is 12.6 Å². The summed E-state index contributed by atoms with van der Waals surface area (Å²) in [7, 11) is 3.99. The maximum Gasteiger partial charge on any atom is 0.317 e. The fourth-order valence-corrected chi connectivity index (χ4v) is 2.17. The summed E-state index contributed by atoms with van der Waals surface area (Å²) < 4.78 is 0. The smallest absolute Gasteiger partial charge is 0.317 e. The van der Waals surface area contributed by atoms with E-state index in [0.717, 1.165) is 24.1 Å². The second-order valence-electron chi connectivity index (χ2n) is 5.37. The zero-order valence-electron chi connectivity index (χ0n) is 12.2. The average Bonchev–Trinajstić information content (AvgIpc) is 3.27. The summed E-state index contributed by atoms with van der Waals surface area (Å²) in [6, 6.07) is 8.32. The molecule has 0 bridgehead atoms. The molecule has 0 aliphatic heterocycles. The maximum absolute atomic E-state index is 12.1. The first-order chi connectivity index (χ1) is 9.61. The molecule has 1 aliphatic rings. The van der Waals surface area contributed by atoms with E-state index in [2.05, 4.69) is 11.4 Å². The molecule has 1 aromatic carbocycles. The van der Waals surface area contributed by atoms with Crippen molar-refractivity contribution in [2.45, 2.75) is 25.4 Å². The highest BCUT2D eigenvalue weighted by Crippen LogP contribution is 2.26. The molecule has 0 heterocycles. The summed E-state index contributed by atoms with van der Waals surface area (Å²) in [6.07, 6.45) is 2.09. The van der Waals surface area contributed by atoms with Gasteiger partial charge in [-0.1, -0.05) is 12.1 Å². The normalized spacial score (nSPS) is 13.9. The minimum atomic E-state index is -0.0863. The molecular formula is C15H23N3O2. The number of amides is 2. The lowest BCUT2D eigenvalue weighted by molar-refractivity contribution is 0.173. The van der Waals surface area contributed by atoms with Gasteiger partial charge in [-0.25, -0.2) is 4.79 Å². The van der Waals surface area contributed by atoms with Crippen molar-refractivity contribution < 1.29 is 9.90 Å². The number of rotatable bonds is 6. The van der Waals surface area contributed by atoms with E-state index in [1.54, 1.807) is 4.90 Å². The van der Waals surface area contributed by atoms with Crippen molar-refractivity contribution in [2.75, 3.05) is 32.1 Å². The molecule has 2 rings (SSSR count). The SMILES string of the molecule is CN(C)c1cccc(CNC(=O)N(CCO)C2CC2)c1. The molecule has 2 amide bonds. The highest BCUT2D eigenvalue weighted by Gasteiger charge is 2.31. The second-order valence-corrected chi connectivity index (χ2v) is 5.37. The van der Waals surface area contributed by atoms with Crippen molar-refractivity contribution in [1.82, 2.24) is 10.2 Å². The summed E-state index contributed by atoms with van der Waals surface area (Å²) in [5.74, 6) is 0. The monoisotopic (exact) mass is 277 g/mol. The number of carbonyl (C=O) groups excluding carboxylic acids is 1. The van der Waals surface area contributed by atoms with Crippen molar-refractivity contribution in [2.24, 2.45) is 0 Å². The van der Waals surface area contributed by atoms with Gasteiger partial charge in [0.1, 0.15) is 0 Å². The van der Waals surface area contributed by atoms with Gasteiger partial charge in [-0.15, -0.1) is 0 Å². The van der Waals surface area contributed by atoms with Crippen molar-refractivity contribution in [1.29, 1.82) is 0 Å². The van der Waals surface area contributed by atoms with E-state index < -0.39 is 0 Å². The Morgan fingerprint density at radius 1 is 1.40 bits per heavy atom. The van der Waals surface area contributed by atoms with Crippen molar-refractivity contribution in [3.8, 4) is 0 Å². The second kappa shape index (κ2) is 6.61. The molecule has 5 nitrogen and oxygen atoms in total. The molecule has 110 valence electrons. The number of aliphatic hydroxyl groups is 1. The van der Waals surface area contributed by atoms with Crippen LogP contribution in [0, 0.1) is 0 Å². The summed E-state index contributed by atoms with van der Waals surface area (Å²) in [4.78, 5) is 15.9. The fraction of sp³-hybridized carbons (Fsp3) is 0.533. The molecule has 1 aromatic rings. The first-order valence-corrected chi connectivity index (χ1v) is 7.03. The van der Waals surface area contributed by atoms with Gasteiger partial charge >= 0.3 is 6.03 Å². The van der Waals surface area contributed by atoms with E-state index in [1.807, 2.05) is 37.2 Å². The molecule has 0 saturated heterocycles. The van der Waals surface area contributed by atoms with Gasteiger partial charge in [-0.2, -0.15) is 0 Å². The van der Waals surface area contributed by atoms with Crippen LogP contribution in [0.3, 0.4) is 0 Å². The quantitative estimate of drug-likeness (QED) is 0.827. The number of nitrogens with one attached hydrogen (secondary N) is 1. The summed E-state index contributed by atoms with van der Waals surface area (Å²) in [6.45, 7) is 0.934. The lowest BCUT2D eigenvalue weighted by atomic mass is 10.2. The number of anilines is 1. The van der Waals surface area contributed by atoms with Gasteiger partial charge in [0.2, 0.25) is 0 Å². The third-order valence-corrected chi connectivity index (χ3v) is 3.46. The Hall–Kier alpha value is -1.75. The van der Waals surface area contributed by atoms with Gasteiger partial charge in [0.15, 0.2) is 0 Å². The number of carbonyl (C=O) groups is 1. The molecule has 0 aromatic heterocycles. The number of benzene rings is 1. The Kier molecular flexibility index (Phi) is 4.84. The van der Waals surface area contributed by atoms with Crippen LogP contribution in [0.1, 0.15) is 18.4 Å². The Labute approximate surface area is 120 Å². The van der Waals surface area contributed by atoms with E-state index in [1.165, 1.54) is 0 Å². The topological polar surface area (TPSA) is 55.8 Å². The highest BCUT2D eigenvalue weighted by molar-refractivity contribution is 5.75. The average molecular weight is 277 g/mol. The number of hydrogen-bond donors (Lipinski definition) is 2. The van der Waals surface area contributed by atoms with Crippen LogP contribution in [0.5, 0.6) is 0 Å². The summed E-state index contributed by atoms with van der Waals surface area (Å²) in [5.41, 5.74) is 2.19. The molecule has 2 N–H and O–H groups in total. The van der Waals surface area contributed by atoms with Crippen LogP contribution >= 0.6 is 0 Å². The lowest BCUT2D eigenvalue weighted by Gasteiger charge is -2.22. The molecule has 0 atom stereocenters. The van der Waals surface area contributed by atoms with Gasteiger partial charge in [-0.3, -0.25) is 0 Å². The molecule has 5 heteroatoms. The Morgan fingerprint density at radius 2 is 2.15 bits per heavy atom. The Balaban J connectivity index is 1.90. The fourth-order valence-electron chi connectivity index (χ4n) is 2.17. The van der Waals surface area contributed by atoms with Crippen LogP contribution in [0.25, 0.3) is 0 Å². The van der Waals surface area contributed by atoms with Crippen molar-refractivity contribution >= 4 is 11.7 Å². The molecule has 0 spiro atoms. The number of hydrogen-bond acceptors (Lipinski definition) is 3. The Bertz CT molecular complexity index is 458. The van der Waals surface area contributed by atoms with E-state index in [9.17, 15) is 4.79 Å². The van der Waals surface area contributed by atoms with Crippen LogP contribution in [0.2, 0.25) is 0 Å². The molecule has 1 aliphatic carbocycles. The standard InChI is InChI=1S/C15H23N3O2/c1-17(2)14-5-3-4-12(10-14)11-16-15(20)18(8-9-19)13-6-7-13/h3-5,10,13,19H,6-9,11H2,1-2H3,(H,16,20). The van der Waals surface area contributed by atoms with Gasteiger partial charge in [0.25, 0.3) is 0 Å². The van der Waals surface area contributed by atoms with Crippen LogP contribution in [0.4, 0.5) is 10.5 Å². The maximum atomic E-state index is 12.1. The predicted octanol–water partition coefficient (Wildman–Crippen LogP) is 1.42. The molecule has 20 heavy (non-hydrogen) atoms. The zero-order chi connectivity index (χ0) is 14.5. The summed E-state index contributed by atoms with van der Waals surface area (Å²) >= 11 is 0. The molecule has 1 fully saturated rings. The molecule has 0 unspecified atom stereocenters. The minimum Gasteiger partial charge on any atom is -0.395 e. The van der Waals surface area contributed by atoms with Crippen LogP contribution in [0.15, 0.2) is 24.3 Å². The van der Waals surface area contributed by atoms with Crippen molar-refractivity contribution in [3.05, 3.63) is 29.8 Å². The van der Waals surface area contributed by atoms with E-state index >= 15 is 0 Å². The summed E-state index contributed by atoms with van der Waals surface area (Å²) in [5, 5.41) is 11.9. The zero-order valence-corrected chi connectivity index (χ0v) is 12.2. The van der Waals surface area contributed by atoms with Gasteiger partial charge in [0, 0.05) is 38.9 Å². The first kappa shape index (κ1) is 14.7.